The van der Waals surface area contributed by atoms with Gasteiger partial charge >= 0.3 is 5.97 Å². The number of hydrogen-bond acceptors (Lipinski definition) is 13. The number of hydrogen-bond donors (Lipinski definition) is 5. The van der Waals surface area contributed by atoms with Gasteiger partial charge in [0.1, 0.15) is 23.9 Å². The molecule has 2 aliphatic rings. The number of aromatic nitrogens is 1. The molecule has 0 unspecified atom stereocenters. The average Bonchev–Trinajstić information content (AvgIpc) is 3.15. The van der Waals surface area contributed by atoms with Crippen LogP contribution in [0.3, 0.4) is 0 Å². The number of ether oxygens (including phenoxy) is 4. The van der Waals surface area contributed by atoms with Crippen LogP contribution in [0.4, 0.5) is 0 Å². The molecule has 14 atom stereocenters. The van der Waals surface area contributed by atoms with Crippen LogP contribution in [0.15, 0.2) is 36.5 Å². The van der Waals surface area contributed by atoms with E-state index >= 15 is 0 Å². The Kier molecular flexibility index (Phi) is 16.7. The Bertz CT molecular complexity index is 1520. The molecule has 2 aromatic rings. The van der Waals surface area contributed by atoms with Crippen molar-refractivity contribution in [3.8, 4) is 0 Å². The number of carbonyl (C=O) groups excluding carboxylic acids is 1. The van der Waals surface area contributed by atoms with Crippen molar-refractivity contribution in [2.45, 2.75) is 154 Å². The van der Waals surface area contributed by atoms with Gasteiger partial charge in [-0.05, 0) is 112 Å². The topological polar surface area (TPSA) is 166 Å². The van der Waals surface area contributed by atoms with Gasteiger partial charge in [0.05, 0.1) is 35.3 Å². The molecule has 2 saturated heterocycles. The Labute approximate surface area is 335 Å². The van der Waals surface area contributed by atoms with Crippen molar-refractivity contribution < 1.29 is 44.2 Å². The molecule has 2 fully saturated rings. The van der Waals surface area contributed by atoms with Crippen LogP contribution in [0.25, 0.3) is 10.9 Å². The summed E-state index contributed by atoms with van der Waals surface area (Å²) in [4.78, 5) is 22.1. The molecule has 0 bridgehead atoms. The van der Waals surface area contributed by atoms with Crippen LogP contribution in [-0.2, 0) is 30.3 Å². The van der Waals surface area contributed by atoms with Crippen LogP contribution < -0.4 is 5.32 Å². The van der Waals surface area contributed by atoms with Crippen LogP contribution in [0, 0.1) is 17.8 Å². The van der Waals surface area contributed by atoms with Gasteiger partial charge in [-0.3, -0.25) is 9.78 Å². The first-order valence-corrected chi connectivity index (χ1v) is 20.6. The van der Waals surface area contributed by atoms with Gasteiger partial charge in [0.15, 0.2) is 6.29 Å². The number of cyclic esters (lactones) is 1. The highest BCUT2D eigenvalue weighted by atomic mass is 16.7. The molecule has 318 valence electrons. The Morgan fingerprint density at radius 2 is 1.77 bits per heavy atom. The zero-order valence-corrected chi connectivity index (χ0v) is 35.7. The minimum Gasteiger partial charge on any atom is -0.459 e. The minimum atomic E-state index is -1.76. The lowest BCUT2D eigenvalue weighted by atomic mass is 9.78. The van der Waals surface area contributed by atoms with Gasteiger partial charge < -0.3 is 54.5 Å². The monoisotopic (exact) mass is 789 g/mol. The third-order valence-electron chi connectivity index (χ3n) is 12.3. The summed E-state index contributed by atoms with van der Waals surface area (Å²) in [5.41, 5.74) is -1.10. The van der Waals surface area contributed by atoms with Crippen molar-refractivity contribution in [1.29, 1.82) is 0 Å². The number of esters is 1. The molecular formula is C43H72N4O9. The summed E-state index contributed by atoms with van der Waals surface area (Å²) < 4.78 is 25.8. The van der Waals surface area contributed by atoms with Crippen LogP contribution in [0.2, 0.25) is 0 Å². The second kappa shape index (κ2) is 20.1. The van der Waals surface area contributed by atoms with Crippen LogP contribution in [-0.4, -0.2) is 148 Å². The fourth-order valence-electron chi connectivity index (χ4n) is 8.85. The summed E-state index contributed by atoms with van der Waals surface area (Å²) in [7, 11) is 5.88. The van der Waals surface area contributed by atoms with Gasteiger partial charge in [-0.1, -0.05) is 39.0 Å². The Balaban J connectivity index is 1.56. The SMILES string of the molecule is CC[C@H]1OC(=O)[C@H](C)[C@@H](O)[C@H](C)[C@@H](O[C@@H]2O[C@H](C)C[C@H](N(C)C)[C@H]2OCCCNCc2ccnc3ccccc23)[C@](C)(O)C[C@@H](C)CN(C)[C@H](C)[C@@H](O)[C@]1(C)O. The first kappa shape index (κ1) is 46.4. The van der Waals surface area contributed by atoms with Crippen molar-refractivity contribution in [3.05, 3.63) is 42.1 Å². The molecule has 0 saturated carbocycles. The van der Waals surface area contributed by atoms with Crippen molar-refractivity contribution >= 4 is 16.9 Å². The third kappa shape index (κ3) is 11.2. The van der Waals surface area contributed by atoms with E-state index in [1.807, 2.05) is 77.3 Å². The number of carbonyl (C=O) groups is 1. The highest BCUT2D eigenvalue weighted by Crippen LogP contribution is 2.37. The normalized spacial score (nSPS) is 38.6. The Morgan fingerprint density at radius 3 is 2.45 bits per heavy atom. The number of pyridine rings is 1. The second-order valence-corrected chi connectivity index (χ2v) is 17.5. The fraction of sp³-hybridized carbons (Fsp3) is 0.767. The van der Waals surface area contributed by atoms with Crippen molar-refractivity contribution in [3.63, 3.8) is 0 Å². The largest absolute Gasteiger partial charge is 0.459 e. The van der Waals surface area contributed by atoms with Gasteiger partial charge in [-0.2, -0.15) is 0 Å². The van der Waals surface area contributed by atoms with E-state index in [9.17, 15) is 25.2 Å². The standard InChI is InChI=1S/C43H72N4O9/c1-12-35-43(8,52)38(49)30(6)47(11)25-26(2)23-42(7,51)39(28(4)36(48)29(5)40(50)55-35)56-41-37(34(46(9)10)22-27(3)54-41)53-21-15-19-44-24-31-18-20-45-33-17-14-13-16-32(31)33/h13-14,16-18,20,26-30,34-39,41,44,48-49,51-52H,12,15,19,21-25H2,1-11H3/t26-,27-,28+,29-,30-,34+,35-,36+,37-,38-,39-,41+,42-,43-/m1/s1. The Morgan fingerprint density at radius 1 is 1.07 bits per heavy atom. The van der Waals surface area contributed by atoms with Crippen LogP contribution in [0.1, 0.15) is 86.6 Å². The minimum absolute atomic E-state index is 0.0551. The average molecular weight is 789 g/mol. The molecule has 56 heavy (non-hydrogen) atoms. The first-order valence-electron chi connectivity index (χ1n) is 20.6. The molecule has 0 radical (unpaired) electrons. The number of nitrogens with zero attached hydrogens (tertiary/aromatic N) is 3. The van der Waals surface area contributed by atoms with Crippen LogP contribution in [0.5, 0.6) is 0 Å². The second-order valence-electron chi connectivity index (χ2n) is 17.5. The molecule has 0 amide bonds. The molecule has 2 aliphatic heterocycles. The first-order chi connectivity index (χ1) is 26.3. The molecule has 4 rings (SSSR count). The summed E-state index contributed by atoms with van der Waals surface area (Å²) in [5, 5.41) is 51.8. The highest BCUT2D eigenvalue weighted by molar-refractivity contribution is 5.81. The van der Waals surface area contributed by atoms with Crippen molar-refractivity contribution in [2.24, 2.45) is 17.8 Å². The molecular weight excluding hydrogens is 716 g/mol. The molecule has 1 aromatic heterocycles. The van der Waals surface area contributed by atoms with Gasteiger partial charge in [0.25, 0.3) is 0 Å². The molecule has 13 heteroatoms. The van der Waals surface area contributed by atoms with E-state index in [4.69, 9.17) is 18.9 Å². The van der Waals surface area contributed by atoms with Crippen molar-refractivity contribution in [1.82, 2.24) is 20.1 Å². The highest BCUT2D eigenvalue weighted by Gasteiger charge is 2.50. The number of benzene rings is 1. The fourth-order valence-corrected chi connectivity index (χ4v) is 8.85. The zero-order chi connectivity index (χ0) is 41.5. The predicted octanol–water partition coefficient (Wildman–Crippen LogP) is 3.73. The predicted molar refractivity (Wildman–Crippen MR) is 217 cm³/mol. The smallest absolute Gasteiger partial charge is 0.311 e. The maximum Gasteiger partial charge on any atom is 0.311 e. The van der Waals surface area contributed by atoms with Gasteiger partial charge in [0.2, 0.25) is 0 Å². The van der Waals surface area contributed by atoms with E-state index in [1.165, 1.54) is 12.5 Å². The molecule has 13 nitrogen and oxygen atoms in total. The quantitative estimate of drug-likeness (QED) is 0.165. The number of aliphatic hydroxyl groups excluding tert-OH is 2. The molecule has 1 aromatic carbocycles. The van der Waals surface area contributed by atoms with Crippen LogP contribution >= 0.6 is 0 Å². The van der Waals surface area contributed by atoms with E-state index in [0.717, 1.165) is 23.9 Å². The maximum atomic E-state index is 13.6. The van der Waals surface area contributed by atoms with E-state index in [1.54, 1.807) is 27.7 Å². The summed E-state index contributed by atoms with van der Waals surface area (Å²) >= 11 is 0. The van der Waals surface area contributed by atoms with Gasteiger partial charge in [-0.15, -0.1) is 0 Å². The number of fused-ring (bicyclic) bond motifs is 1. The number of nitrogens with one attached hydrogen (secondary N) is 1. The molecule has 0 spiro atoms. The lowest BCUT2D eigenvalue weighted by Crippen LogP contribution is -2.60. The summed E-state index contributed by atoms with van der Waals surface area (Å²) in [6, 6.07) is 9.59. The zero-order valence-electron chi connectivity index (χ0n) is 35.7. The van der Waals surface area contributed by atoms with Crippen molar-refractivity contribution in [2.75, 3.05) is 40.8 Å². The molecule has 5 N–H and O–H groups in total. The van der Waals surface area contributed by atoms with E-state index in [0.29, 0.717) is 26.1 Å². The number of aliphatic hydroxyl groups is 4. The number of rotatable bonds is 11. The summed E-state index contributed by atoms with van der Waals surface area (Å²) in [5.74, 6) is -2.62. The Hall–Kier alpha value is -2.30. The summed E-state index contributed by atoms with van der Waals surface area (Å²) in [6.07, 6.45) is -2.30. The molecule has 0 aliphatic carbocycles. The van der Waals surface area contributed by atoms with E-state index in [2.05, 4.69) is 21.3 Å². The maximum absolute atomic E-state index is 13.6. The van der Waals surface area contributed by atoms with Gasteiger partial charge in [0, 0.05) is 49.3 Å². The lowest BCUT2D eigenvalue weighted by Gasteiger charge is -2.48. The van der Waals surface area contributed by atoms with E-state index in [-0.39, 0.29) is 30.9 Å². The molecule has 3 heterocycles. The van der Waals surface area contributed by atoms with Gasteiger partial charge in [-0.25, -0.2) is 0 Å². The van der Waals surface area contributed by atoms with E-state index < -0.39 is 71.9 Å². The summed E-state index contributed by atoms with van der Waals surface area (Å²) in [6.45, 7) is 16.5. The number of likely N-dealkylation sites (N-methyl/N-ethyl adjacent to an activating group) is 2. The number of para-hydroxylation sites is 1. The lowest BCUT2D eigenvalue weighted by molar-refractivity contribution is -0.306. The third-order valence-corrected chi connectivity index (χ3v) is 12.3.